The molecule has 0 N–H and O–H groups in total. The molecule has 0 atom stereocenters. The van der Waals surface area contributed by atoms with Gasteiger partial charge in [0.2, 0.25) is 0 Å². The quantitative estimate of drug-likeness (QED) is 0.194. The van der Waals surface area contributed by atoms with Crippen molar-refractivity contribution in [1.29, 1.82) is 0 Å². The van der Waals surface area contributed by atoms with Crippen LogP contribution in [0.1, 0.15) is 167 Å². The summed E-state index contributed by atoms with van der Waals surface area (Å²) in [6, 6.07) is 0. The summed E-state index contributed by atoms with van der Waals surface area (Å²) in [4.78, 5) is 0. The third-order valence-corrected chi connectivity index (χ3v) is 10.6. The summed E-state index contributed by atoms with van der Waals surface area (Å²) in [6.07, 6.45) is 36.2. The van der Waals surface area contributed by atoms with Gasteiger partial charge in [-0.15, -0.1) is 0 Å². The molecule has 0 amide bonds. The van der Waals surface area contributed by atoms with Crippen LogP contribution in [0.3, 0.4) is 0 Å². The molecule has 0 saturated heterocycles. The van der Waals surface area contributed by atoms with Crippen molar-refractivity contribution in [2.45, 2.75) is 167 Å². The first-order valence-corrected chi connectivity index (χ1v) is 16.4. The van der Waals surface area contributed by atoms with Crippen molar-refractivity contribution in [3.8, 4) is 0 Å². The number of hydrogen-bond donors (Lipinski definition) is 0. The molecule has 0 aromatic heterocycles. The summed E-state index contributed by atoms with van der Waals surface area (Å²) in [5, 5.41) is 0. The molecule has 34 heavy (non-hydrogen) atoms. The largest absolute Gasteiger partial charge is 0.251 e. The van der Waals surface area contributed by atoms with Gasteiger partial charge in [0.15, 0.2) is 0 Å². The van der Waals surface area contributed by atoms with Crippen LogP contribution in [-0.2, 0) is 0 Å². The topological polar surface area (TPSA) is 0 Å². The SMILES string of the molecule is CCCCCCCCCCC1CCC(C2CCC(C3CCC(CCCCCF)CC3)CC2)CC1. The van der Waals surface area contributed by atoms with Crippen LogP contribution >= 0.6 is 0 Å². The molecule has 0 bridgehead atoms. The van der Waals surface area contributed by atoms with Gasteiger partial charge in [0, 0.05) is 0 Å². The van der Waals surface area contributed by atoms with E-state index >= 15 is 0 Å². The van der Waals surface area contributed by atoms with Gasteiger partial charge in [-0.2, -0.15) is 0 Å². The van der Waals surface area contributed by atoms with Crippen LogP contribution in [0.25, 0.3) is 0 Å². The Bertz CT molecular complexity index is 463. The predicted molar refractivity (Wildman–Crippen MR) is 148 cm³/mol. The Morgan fingerprint density at radius 3 is 1.12 bits per heavy atom. The van der Waals surface area contributed by atoms with Crippen molar-refractivity contribution in [2.24, 2.45) is 35.5 Å². The Morgan fingerprint density at radius 2 is 0.735 bits per heavy atom. The summed E-state index contributed by atoms with van der Waals surface area (Å²) < 4.78 is 12.3. The van der Waals surface area contributed by atoms with E-state index in [9.17, 15) is 4.39 Å². The van der Waals surface area contributed by atoms with E-state index < -0.39 is 0 Å². The highest BCUT2D eigenvalue weighted by Crippen LogP contribution is 2.46. The molecule has 200 valence electrons. The maximum absolute atomic E-state index is 12.3. The van der Waals surface area contributed by atoms with E-state index in [-0.39, 0.29) is 6.67 Å². The first-order valence-electron chi connectivity index (χ1n) is 16.4. The Morgan fingerprint density at radius 1 is 0.412 bits per heavy atom. The number of halogens is 1. The van der Waals surface area contributed by atoms with Gasteiger partial charge < -0.3 is 0 Å². The summed E-state index contributed by atoms with van der Waals surface area (Å²) in [7, 11) is 0. The lowest BCUT2D eigenvalue weighted by Crippen LogP contribution is -2.29. The Labute approximate surface area is 214 Å². The predicted octanol–water partition coefficient (Wildman–Crippen LogP) is 11.5. The molecule has 3 aliphatic rings. The average Bonchev–Trinajstić information content (AvgIpc) is 2.89. The zero-order valence-corrected chi connectivity index (χ0v) is 23.2. The van der Waals surface area contributed by atoms with E-state index in [1.54, 1.807) is 51.4 Å². The van der Waals surface area contributed by atoms with Gasteiger partial charge in [-0.25, -0.2) is 0 Å². The van der Waals surface area contributed by atoms with Crippen LogP contribution in [0.4, 0.5) is 4.39 Å². The van der Waals surface area contributed by atoms with Crippen LogP contribution in [-0.4, -0.2) is 6.67 Å². The highest BCUT2D eigenvalue weighted by atomic mass is 19.1. The maximum atomic E-state index is 12.3. The second kappa shape index (κ2) is 17.4. The standard InChI is InChI=1S/C33H61F/c1-2-3-4-5-6-7-8-10-13-28-15-19-30(20-16-28)32-23-25-33(26-24-32)31-21-17-29(18-22-31)14-11-9-12-27-34/h28-33H,2-27H2,1H3. The highest BCUT2D eigenvalue weighted by molar-refractivity contribution is 4.86. The number of rotatable bonds is 16. The van der Waals surface area contributed by atoms with Gasteiger partial charge in [-0.3, -0.25) is 4.39 Å². The molecule has 0 heterocycles. The number of hydrogen-bond acceptors (Lipinski definition) is 0. The molecule has 0 aromatic carbocycles. The monoisotopic (exact) mass is 476 g/mol. The highest BCUT2D eigenvalue weighted by Gasteiger charge is 2.34. The molecule has 0 aromatic rings. The molecule has 0 radical (unpaired) electrons. The van der Waals surface area contributed by atoms with Crippen LogP contribution in [0.5, 0.6) is 0 Å². The van der Waals surface area contributed by atoms with Gasteiger partial charge in [-0.1, -0.05) is 110 Å². The fourth-order valence-corrected chi connectivity index (χ4v) is 8.26. The smallest absolute Gasteiger partial charge is 0.0894 e. The molecule has 3 saturated carbocycles. The third-order valence-electron chi connectivity index (χ3n) is 10.6. The van der Waals surface area contributed by atoms with Gasteiger partial charge in [0.05, 0.1) is 6.67 Å². The van der Waals surface area contributed by atoms with Crippen LogP contribution in [0.2, 0.25) is 0 Å². The van der Waals surface area contributed by atoms with Gasteiger partial charge >= 0.3 is 0 Å². The van der Waals surface area contributed by atoms with Gasteiger partial charge in [-0.05, 0) is 93.3 Å². The molecular weight excluding hydrogens is 415 g/mol. The summed E-state index contributed by atoms with van der Waals surface area (Å²) in [5.41, 5.74) is 0. The molecule has 3 rings (SSSR count). The van der Waals surface area contributed by atoms with Crippen molar-refractivity contribution in [3.05, 3.63) is 0 Å². The molecular formula is C33H61F. The first-order chi connectivity index (χ1) is 16.8. The first kappa shape index (κ1) is 28.5. The molecule has 0 aliphatic heterocycles. The molecule has 0 spiro atoms. The maximum Gasteiger partial charge on any atom is 0.0894 e. The van der Waals surface area contributed by atoms with Crippen molar-refractivity contribution in [1.82, 2.24) is 0 Å². The summed E-state index contributed by atoms with van der Waals surface area (Å²) in [6.45, 7) is 2.20. The molecule has 0 nitrogen and oxygen atoms in total. The van der Waals surface area contributed by atoms with Crippen molar-refractivity contribution < 1.29 is 4.39 Å². The van der Waals surface area contributed by atoms with E-state index in [4.69, 9.17) is 0 Å². The lowest BCUT2D eigenvalue weighted by molar-refractivity contribution is 0.102. The summed E-state index contributed by atoms with van der Waals surface area (Å²) in [5.74, 6) is 6.29. The third kappa shape index (κ3) is 10.5. The normalized spacial score (nSPS) is 32.6. The zero-order valence-electron chi connectivity index (χ0n) is 23.2. The minimum atomic E-state index is -0.115. The van der Waals surface area contributed by atoms with E-state index in [0.717, 1.165) is 48.3 Å². The zero-order chi connectivity index (χ0) is 23.8. The Kier molecular flexibility index (Phi) is 14.6. The second-order valence-electron chi connectivity index (χ2n) is 13.0. The van der Waals surface area contributed by atoms with Gasteiger partial charge in [0.1, 0.15) is 0 Å². The summed E-state index contributed by atoms with van der Waals surface area (Å²) >= 11 is 0. The fourth-order valence-electron chi connectivity index (χ4n) is 8.26. The van der Waals surface area contributed by atoms with Crippen LogP contribution in [0, 0.1) is 35.5 Å². The van der Waals surface area contributed by atoms with Crippen molar-refractivity contribution >= 4 is 0 Å². The number of alkyl halides is 1. The lowest BCUT2D eigenvalue weighted by Gasteiger charge is -2.41. The van der Waals surface area contributed by atoms with Crippen molar-refractivity contribution in [2.75, 3.05) is 6.67 Å². The lowest BCUT2D eigenvalue weighted by atomic mass is 9.64. The Hall–Kier alpha value is -0.0700. The Balaban J connectivity index is 1.20. The molecule has 0 unspecified atom stereocenters. The minimum absolute atomic E-state index is 0.115. The second-order valence-corrected chi connectivity index (χ2v) is 13.0. The number of unbranched alkanes of at least 4 members (excludes halogenated alkanes) is 9. The fraction of sp³-hybridized carbons (Fsp3) is 1.00. The van der Waals surface area contributed by atoms with Crippen molar-refractivity contribution in [3.63, 3.8) is 0 Å². The van der Waals surface area contributed by atoms with Crippen LogP contribution < -0.4 is 0 Å². The van der Waals surface area contributed by atoms with E-state index in [1.165, 1.54) is 96.3 Å². The van der Waals surface area contributed by atoms with E-state index in [1.807, 2.05) is 0 Å². The van der Waals surface area contributed by atoms with Gasteiger partial charge in [0.25, 0.3) is 0 Å². The van der Waals surface area contributed by atoms with E-state index in [2.05, 4.69) is 6.92 Å². The average molecular weight is 477 g/mol. The molecule has 3 aliphatic carbocycles. The van der Waals surface area contributed by atoms with E-state index in [0.29, 0.717) is 0 Å². The molecule has 3 fully saturated rings. The molecule has 1 heteroatoms. The van der Waals surface area contributed by atoms with Crippen LogP contribution in [0.15, 0.2) is 0 Å². The minimum Gasteiger partial charge on any atom is -0.251 e.